The molecule has 0 N–H and O–H groups in total. The highest BCUT2D eigenvalue weighted by Gasteiger charge is 2.10. The van der Waals surface area contributed by atoms with Crippen molar-refractivity contribution in [2.45, 2.75) is 13.5 Å². The number of carbonyl (C=O) groups is 3. The average Bonchev–Trinajstić information content (AvgIpc) is 2.65. The molecule has 0 saturated carbocycles. The standard InChI is InChI=1S/C20H20O6/c1-14(21)16-7-9-18(10-8-16)20(23)26-12-11-25-19(22)17-5-3-15(4-6-17)13-24-2/h3-10H,11-13H2,1-2H3. The van der Waals surface area contributed by atoms with Gasteiger partial charge in [-0.2, -0.15) is 0 Å². The first kappa shape index (κ1) is 19.3. The maximum absolute atomic E-state index is 11.9. The SMILES string of the molecule is COCc1ccc(C(=O)OCCOC(=O)c2ccc(C(C)=O)cc2)cc1. The topological polar surface area (TPSA) is 78.9 Å². The van der Waals surface area contributed by atoms with Gasteiger partial charge in [-0.05, 0) is 36.8 Å². The number of hydrogen-bond donors (Lipinski definition) is 0. The van der Waals surface area contributed by atoms with Gasteiger partial charge >= 0.3 is 11.9 Å². The number of Topliss-reactive ketones (excluding diaryl/α,β-unsaturated/α-hetero) is 1. The molecule has 0 aliphatic heterocycles. The predicted molar refractivity (Wildman–Crippen MR) is 94.2 cm³/mol. The Bertz CT molecular complexity index is 762. The van der Waals surface area contributed by atoms with Gasteiger partial charge in [0.15, 0.2) is 5.78 Å². The van der Waals surface area contributed by atoms with E-state index in [1.54, 1.807) is 43.5 Å². The van der Waals surface area contributed by atoms with Gasteiger partial charge in [0, 0.05) is 12.7 Å². The van der Waals surface area contributed by atoms with E-state index in [9.17, 15) is 14.4 Å². The molecule has 0 unspecified atom stereocenters. The van der Waals surface area contributed by atoms with Gasteiger partial charge in [0.1, 0.15) is 13.2 Å². The molecule has 0 aliphatic carbocycles. The molecule has 6 heteroatoms. The molecule has 0 heterocycles. The van der Waals surface area contributed by atoms with Crippen molar-refractivity contribution in [1.29, 1.82) is 0 Å². The number of methoxy groups -OCH3 is 1. The van der Waals surface area contributed by atoms with Crippen molar-refractivity contribution >= 4 is 17.7 Å². The molecule has 6 nitrogen and oxygen atoms in total. The van der Waals surface area contributed by atoms with Crippen LogP contribution in [0.15, 0.2) is 48.5 Å². The molecule has 0 spiro atoms. The molecular formula is C20H20O6. The highest BCUT2D eigenvalue weighted by molar-refractivity contribution is 5.96. The van der Waals surface area contributed by atoms with Gasteiger partial charge in [-0.1, -0.05) is 24.3 Å². The third kappa shape index (κ3) is 5.53. The van der Waals surface area contributed by atoms with E-state index < -0.39 is 11.9 Å². The maximum atomic E-state index is 11.9. The Morgan fingerprint density at radius 1 is 0.731 bits per heavy atom. The molecule has 26 heavy (non-hydrogen) atoms. The molecule has 0 fully saturated rings. The first-order valence-corrected chi connectivity index (χ1v) is 8.04. The molecule has 2 aromatic rings. The maximum Gasteiger partial charge on any atom is 0.338 e. The zero-order chi connectivity index (χ0) is 18.9. The summed E-state index contributed by atoms with van der Waals surface area (Å²) in [5, 5.41) is 0. The van der Waals surface area contributed by atoms with Crippen LogP contribution in [0, 0.1) is 0 Å². The second-order valence-corrected chi connectivity index (χ2v) is 5.54. The summed E-state index contributed by atoms with van der Waals surface area (Å²) in [6.07, 6.45) is 0. The lowest BCUT2D eigenvalue weighted by molar-refractivity contribution is 0.0265. The minimum Gasteiger partial charge on any atom is -0.458 e. The average molecular weight is 356 g/mol. The summed E-state index contributed by atoms with van der Waals surface area (Å²) in [7, 11) is 1.60. The van der Waals surface area contributed by atoms with Gasteiger partial charge in [0.25, 0.3) is 0 Å². The summed E-state index contributed by atoms with van der Waals surface area (Å²) < 4.78 is 15.1. The zero-order valence-electron chi connectivity index (χ0n) is 14.7. The molecule has 2 rings (SSSR count). The molecular weight excluding hydrogens is 336 g/mol. The van der Waals surface area contributed by atoms with Crippen molar-refractivity contribution < 1.29 is 28.6 Å². The van der Waals surface area contributed by atoms with E-state index in [1.807, 2.05) is 0 Å². The monoisotopic (exact) mass is 356 g/mol. The summed E-state index contributed by atoms with van der Waals surface area (Å²) in [5.74, 6) is -1.11. The Balaban J connectivity index is 1.76. The van der Waals surface area contributed by atoms with Gasteiger partial charge in [0.05, 0.1) is 17.7 Å². The fourth-order valence-corrected chi connectivity index (χ4v) is 2.18. The van der Waals surface area contributed by atoms with Crippen molar-refractivity contribution in [1.82, 2.24) is 0 Å². The minimum absolute atomic E-state index is 0.0457. The molecule has 0 radical (unpaired) electrons. The quantitative estimate of drug-likeness (QED) is 0.411. The molecule has 0 aromatic heterocycles. The number of hydrogen-bond acceptors (Lipinski definition) is 6. The van der Waals surface area contributed by atoms with E-state index in [-0.39, 0.29) is 19.0 Å². The van der Waals surface area contributed by atoms with Crippen molar-refractivity contribution in [2.75, 3.05) is 20.3 Å². The third-order valence-electron chi connectivity index (χ3n) is 3.58. The third-order valence-corrected chi connectivity index (χ3v) is 3.58. The highest BCUT2D eigenvalue weighted by Crippen LogP contribution is 2.08. The van der Waals surface area contributed by atoms with Gasteiger partial charge in [0.2, 0.25) is 0 Å². The van der Waals surface area contributed by atoms with E-state index in [2.05, 4.69) is 0 Å². The number of rotatable bonds is 8. The molecule has 0 amide bonds. The number of benzene rings is 2. The fourth-order valence-electron chi connectivity index (χ4n) is 2.18. The van der Waals surface area contributed by atoms with Crippen LogP contribution in [0.2, 0.25) is 0 Å². The summed E-state index contributed by atoms with van der Waals surface area (Å²) in [5.41, 5.74) is 2.21. The van der Waals surface area contributed by atoms with Gasteiger partial charge in [-0.25, -0.2) is 9.59 Å². The first-order chi connectivity index (χ1) is 12.5. The van der Waals surface area contributed by atoms with Crippen LogP contribution in [-0.2, 0) is 20.8 Å². The number of ether oxygens (including phenoxy) is 3. The second-order valence-electron chi connectivity index (χ2n) is 5.54. The molecule has 0 saturated heterocycles. The van der Waals surface area contributed by atoms with Gasteiger partial charge in [-0.3, -0.25) is 4.79 Å². The normalized spacial score (nSPS) is 10.2. The van der Waals surface area contributed by atoms with E-state index in [1.165, 1.54) is 19.1 Å². The van der Waals surface area contributed by atoms with Gasteiger partial charge in [-0.15, -0.1) is 0 Å². The summed E-state index contributed by atoms with van der Waals surface area (Å²) in [6, 6.07) is 13.0. The van der Waals surface area contributed by atoms with Crippen LogP contribution in [0.1, 0.15) is 43.6 Å². The van der Waals surface area contributed by atoms with Crippen LogP contribution < -0.4 is 0 Å². The van der Waals surface area contributed by atoms with E-state index in [4.69, 9.17) is 14.2 Å². The van der Waals surface area contributed by atoms with Crippen LogP contribution in [0.25, 0.3) is 0 Å². The molecule has 2 aromatic carbocycles. The lowest BCUT2D eigenvalue weighted by atomic mass is 10.1. The van der Waals surface area contributed by atoms with E-state index in [0.29, 0.717) is 23.3 Å². The van der Waals surface area contributed by atoms with Crippen LogP contribution in [-0.4, -0.2) is 38.0 Å². The van der Waals surface area contributed by atoms with E-state index in [0.717, 1.165) is 5.56 Å². The molecule has 0 bridgehead atoms. The largest absolute Gasteiger partial charge is 0.458 e. The summed E-state index contributed by atoms with van der Waals surface area (Å²) in [6.45, 7) is 1.82. The minimum atomic E-state index is -0.542. The Labute approximate surface area is 151 Å². The lowest BCUT2D eigenvalue weighted by Crippen LogP contribution is -2.14. The number of ketones is 1. The van der Waals surface area contributed by atoms with E-state index >= 15 is 0 Å². The Morgan fingerprint density at radius 3 is 1.58 bits per heavy atom. The highest BCUT2D eigenvalue weighted by atomic mass is 16.6. The fraction of sp³-hybridized carbons (Fsp3) is 0.250. The molecule has 0 aliphatic rings. The number of esters is 2. The Hall–Kier alpha value is -2.99. The first-order valence-electron chi connectivity index (χ1n) is 8.04. The molecule has 0 atom stereocenters. The van der Waals surface area contributed by atoms with Crippen molar-refractivity contribution in [3.8, 4) is 0 Å². The lowest BCUT2D eigenvalue weighted by Gasteiger charge is -2.07. The second kappa shape index (κ2) is 9.48. The van der Waals surface area contributed by atoms with Crippen LogP contribution in [0.5, 0.6) is 0 Å². The van der Waals surface area contributed by atoms with Crippen molar-refractivity contribution in [2.24, 2.45) is 0 Å². The van der Waals surface area contributed by atoms with Crippen LogP contribution in [0.4, 0.5) is 0 Å². The Kier molecular flexibility index (Phi) is 7.05. The smallest absolute Gasteiger partial charge is 0.338 e. The summed E-state index contributed by atoms with van der Waals surface area (Å²) >= 11 is 0. The zero-order valence-corrected chi connectivity index (χ0v) is 14.7. The van der Waals surface area contributed by atoms with Crippen molar-refractivity contribution in [3.63, 3.8) is 0 Å². The molecule has 136 valence electrons. The van der Waals surface area contributed by atoms with Crippen molar-refractivity contribution in [3.05, 3.63) is 70.8 Å². The number of carbonyl (C=O) groups excluding carboxylic acids is 3. The summed E-state index contributed by atoms with van der Waals surface area (Å²) in [4.78, 5) is 35.0. The van der Waals surface area contributed by atoms with Crippen LogP contribution in [0.3, 0.4) is 0 Å². The predicted octanol–water partition coefficient (Wildman–Crippen LogP) is 3.05. The Morgan fingerprint density at radius 2 is 1.15 bits per heavy atom. The van der Waals surface area contributed by atoms with Gasteiger partial charge < -0.3 is 14.2 Å². The van der Waals surface area contributed by atoms with Crippen LogP contribution >= 0.6 is 0 Å².